The highest BCUT2D eigenvalue weighted by Gasteiger charge is 2.08. The molecule has 0 radical (unpaired) electrons. The van der Waals surface area contributed by atoms with Gasteiger partial charge in [0, 0.05) is 6.08 Å². The molecule has 3 nitrogen and oxygen atoms in total. The van der Waals surface area contributed by atoms with Gasteiger partial charge in [-0.15, -0.1) is 0 Å². The van der Waals surface area contributed by atoms with E-state index in [0.29, 0.717) is 12.5 Å². The highest BCUT2D eigenvalue weighted by atomic mass is 16.5. The fourth-order valence-corrected chi connectivity index (χ4v) is 2.27. The monoisotopic (exact) mass is 318 g/mol. The molecule has 0 N–H and O–H groups in total. The Morgan fingerprint density at radius 2 is 2.04 bits per heavy atom. The van der Waals surface area contributed by atoms with E-state index in [9.17, 15) is 4.79 Å². The van der Waals surface area contributed by atoms with Crippen LogP contribution in [0.15, 0.2) is 30.3 Å². The molecule has 0 fully saturated rings. The second kappa shape index (κ2) is 10.9. The lowest BCUT2D eigenvalue weighted by molar-refractivity contribution is -0.139. The number of esters is 1. The lowest BCUT2D eigenvalue weighted by Gasteiger charge is -2.13. The van der Waals surface area contributed by atoms with Crippen molar-refractivity contribution < 1.29 is 14.3 Å². The predicted octanol–water partition coefficient (Wildman–Crippen LogP) is 5.25. The predicted molar refractivity (Wildman–Crippen MR) is 95.5 cm³/mol. The summed E-state index contributed by atoms with van der Waals surface area (Å²) in [5.41, 5.74) is 0.929. The Balaban J connectivity index is 2.48. The van der Waals surface area contributed by atoms with E-state index < -0.39 is 0 Å². The highest BCUT2D eigenvalue weighted by molar-refractivity contribution is 5.87. The van der Waals surface area contributed by atoms with E-state index in [1.165, 1.54) is 18.9 Å². The molecule has 0 aliphatic rings. The van der Waals surface area contributed by atoms with Gasteiger partial charge >= 0.3 is 5.97 Å². The van der Waals surface area contributed by atoms with E-state index in [0.717, 1.165) is 24.2 Å². The fourth-order valence-electron chi connectivity index (χ4n) is 2.27. The molecule has 1 atom stereocenters. The van der Waals surface area contributed by atoms with Crippen LogP contribution < -0.4 is 4.74 Å². The molecule has 0 saturated carbocycles. The molecule has 1 unspecified atom stereocenters. The number of hydrogen-bond donors (Lipinski definition) is 0. The molecule has 1 aromatic rings. The van der Waals surface area contributed by atoms with Crippen molar-refractivity contribution in [2.24, 2.45) is 5.92 Å². The standard InChI is InChI=1S/C20H30O3/c1-5-7-9-17(6-2)15-22-20(21)13-12-18-10-8-11-19(14-18)23-16(3)4/h8,10-14,16-17H,5-7,9,15H2,1-4H3/b13-12+. The molecule has 0 bridgehead atoms. The molecule has 0 amide bonds. The first-order valence-corrected chi connectivity index (χ1v) is 8.66. The zero-order valence-corrected chi connectivity index (χ0v) is 14.9. The summed E-state index contributed by atoms with van der Waals surface area (Å²) in [5, 5.41) is 0. The number of benzene rings is 1. The smallest absolute Gasteiger partial charge is 0.330 e. The number of unbranched alkanes of at least 4 members (excludes halogenated alkanes) is 1. The van der Waals surface area contributed by atoms with Crippen LogP contribution in [0.1, 0.15) is 58.9 Å². The maximum absolute atomic E-state index is 11.8. The zero-order chi connectivity index (χ0) is 17.1. The summed E-state index contributed by atoms with van der Waals surface area (Å²) in [5.74, 6) is 0.992. The third-order valence-corrected chi connectivity index (χ3v) is 3.65. The second-order valence-electron chi connectivity index (χ2n) is 6.12. The van der Waals surface area contributed by atoms with Crippen LogP contribution in [0, 0.1) is 5.92 Å². The van der Waals surface area contributed by atoms with Gasteiger partial charge in [0.2, 0.25) is 0 Å². The molecule has 128 valence electrons. The van der Waals surface area contributed by atoms with Crippen molar-refractivity contribution >= 4 is 12.0 Å². The average molecular weight is 318 g/mol. The van der Waals surface area contributed by atoms with Gasteiger partial charge in [0.1, 0.15) is 5.75 Å². The number of rotatable bonds is 10. The van der Waals surface area contributed by atoms with Crippen molar-refractivity contribution in [3.05, 3.63) is 35.9 Å². The van der Waals surface area contributed by atoms with E-state index in [4.69, 9.17) is 9.47 Å². The molecular weight excluding hydrogens is 288 g/mol. The number of carbonyl (C=O) groups is 1. The first kappa shape index (κ1) is 19.3. The highest BCUT2D eigenvalue weighted by Crippen LogP contribution is 2.16. The molecule has 3 heteroatoms. The van der Waals surface area contributed by atoms with Crippen molar-refractivity contribution in [2.75, 3.05) is 6.61 Å². The van der Waals surface area contributed by atoms with Crippen molar-refractivity contribution in [3.63, 3.8) is 0 Å². The van der Waals surface area contributed by atoms with Crippen LogP contribution in [-0.2, 0) is 9.53 Å². The van der Waals surface area contributed by atoms with E-state index in [-0.39, 0.29) is 12.1 Å². The van der Waals surface area contributed by atoms with Gasteiger partial charge in [-0.25, -0.2) is 4.79 Å². The maximum Gasteiger partial charge on any atom is 0.330 e. The van der Waals surface area contributed by atoms with Crippen LogP contribution in [0.4, 0.5) is 0 Å². The minimum atomic E-state index is -0.282. The first-order valence-electron chi connectivity index (χ1n) is 8.66. The lowest BCUT2D eigenvalue weighted by Crippen LogP contribution is -2.12. The third-order valence-electron chi connectivity index (χ3n) is 3.65. The topological polar surface area (TPSA) is 35.5 Å². The molecule has 0 heterocycles. The van der Waals surface area contributed by atoms with Crippen LogP contribution in [0.2, 0.25) is 0 Å². The Morgan fingerprint density at radius 3 is 2.70 bits per heavy atom. The van der Waals surface area contributed by atoms with Crippen molar-refractivity contribution in [1.29, 1.82) is 0 Å². The van der Waals surface area contributed by atoms with Crippen molar-refractivity contribution in [3.8, 4) is 5.75 Å². The van der Waals surface area contributed by atoms with Crippen LogP contribution in [-0.4, -0.2) is 18.7 Å². The normalized spacial score (nSPS) is 12.6. The van der Waals surface area contributed by atoms with E-state index in [1.807, 2.05) is 38.1 Å². The van der Waals surface area contributed by atoms with Crippen LogP contribution in [0.3, 0.4) is 0 Å². The Kier molecular flexibility index (Phi) is 9.11. The summed E-state index contributed by atoms with van der Waals surface area (Å²) in [7, 11) is 0. The molecule has 0 aliphatic heterocycles. The van der Waals surface area contributed by atoms with Gasteiger partial charge in [-0.2, -0.15) is 0 Å². The molecule has 23 heavy (non-hydrogen) atoms. The summed E-state index contributed by atoms with van der Waals surface area (Å²) in [6, 6.07) is 7.68. The van der Waals surface area contributed by atoms with E-state index in [1.54, 1.807) is 6.08 Å². The van der Waals surface area contributed by atoms with E-state index >= 15 is 0 Å². The SMILES string of the molecule is CCCCC(CC)COC(=O)/C=C/c1cccc(OC(C)C)c1. The molecule has 0 aliphatic carbocycles. The molecular formula is C20H30O3. The Hall–Kier alpha value is -1.77. The third kappa shape index (κ3) is 8.44. The lowest BCUT2D eigenvalue weighted by atomic mass is 10.0. The Bertz CT molecular complexity index is 491. The van der Waals surface area contributed by atoms with Gasteiger partial charge in [0.05, 0.1) is 12.7 Å². The Labute approximate surface area is 140 Å². The van der Waals surface area contributed by atoms with Gasteiger partial charge in [0.25, 0.3) is 0 Å². The number of ether oxygens (including phenoxy) is 2. The fraction of sp³-hybridized carbons (Fsp3) is 0.550. The minimum Gasteiger partial charge on any atom is -0.491 e. The summed E-state index contributed by atoms with van der Waals surface area (Å²) in [6.45, 7) is 8.81. The average Bonchev–Trinajstić information content (AvgIpc) is 2.53. The van der Waals surface area contributed by atoms with Gasteiger partial charge in [-0.3, -0.25) is 0 Å². The van der Waals surface area contributed by atoms with Gasteiger partial charge in [-0.1, -0.05) is 45.2 Å². The summed E-state index contributed by atoms with van der Waals surface area (Å²) in [6.07, 6.45) is 7.93. The molecule has 1 rings (SSSR count). The summed E-state index contributed by atoms with van der Waals surface area (Å²) < 4.78 is 11.0. The number of hydrogen-bond acceptors (Lipinski definition) is 3. The van der Waals surface area contributed by atoms with Crippen LogP contribution in [0.25, 0.3) is 6.08 Å². The van der Waals surface area contributed by atoms with Crippen molar-refractivity contribution in [2.45, 2.75) is 59.5 Å². The van der Waals surface area contributed by atoms with E-state index in [2.05, 4.69) is 13.8 Å². The molecule has 0 spiro atoms. The largest absolute Gasteiger partial charge is 0.491 e. The molecule has 1 aromatic carbocycles. The summed E-state index contributed by atoms with van der Waals surface area (Å²) >= 11 is 0. The zero-order valence-electron chi connectivity index (χ0n) is 14.9. The summed E-state index contributed by atoms with van der Waals surface area (Å²) in [4.78, 5) is 11.8. The van der Waals surface area contributed by atoms with Gasteiger partial charge < -0.3 is 9.47 Å². The van der Waals surface area contributed by atoms with Gasteiger partial charge in [0.15, 0.2) is 0 Å². The van der Waals surface area contributed by atoms with Crippen LogP contribution in [0.5, 0.6) is 5.75 Å². The molecule has 0 saturated heterocycles. The quantitative estimate of drug-likeness (QED) is 0.437. The Morgan fingerprint density at radius 1 is 1.26 bits per heavy atom. The van der Waals surface area contributed by atoms with Crippen molar-refractivity contribution in [1.82, 2.24) is 0 Å². The molecule has 0 aromatic heterocycles. The maximum atomic E-state index is 11.8. The second-order valence-corrected chi connectivity index (χ2v) is 6.12. The van der Waals surface area contributed by atoms with Gasteiger partial charge in [-0.05, 0) is 50.0 Å². The number of carbonyl (C=O) groups excluding carboxylic acids is 1. The van der Waals surface area contributed by atoms with Crippen LogP contribution >= 0.6 is 0 Å². The minimum absolute atomic E-state index is 0.133. The first-order chi connectivity index (χ1) is 11.0.